The molecule has 208 valence electrons. The Morgan fingerprint density at radius 2 is 1.50 bits per heavy atom. The molecule has 0 aromatic heterocycles. The van der Waals surface area contributed by atoms with Gasteiger partial charge >= 0.3 is 0 Å². The van der Waals surface area contributed by atoms with Crippen LogP contribution in [0, 0.1) is 23.2 Å². The summed E-state index contributed by atoms with van der Waals surface area (Å²) in [7, 11) is 6.40. The van der Waals surface area contributed by atoms with E-state index in [9.17, 15) is 10.1 Å². The van der Waals surface area contributed by atoms with Crippen molar-refractivity contribution in [2.24, 2.45) is 11.8 Å². The Morgan fingerprint density at radius 1 is 0.947 bits per heavy atom. The van der Waals surface area contributed by atoms with E-state index in [4.69, 9.17) is 18.9 Å². The molecule has 0 radical (unpaired) electrons. The number of nitrogens with zero attached hydrogens (tertiary/aromatic N) is 2. The highest BCUT2D eigenvalue weighted by atomic mass is 35.5. The first-order chi connectivity index (χ1) is 17.8. The number of ether oxygens (including phenoxy) is 4. The Bertz CT molecular complexity index is 1110. The predicted molar refractivity (Wildman–Crippen MR) is 151 cm³/mol. The second-order valence-electron chi connectivity index (χ2n) is 9.96. The Hall–Kier alpha value is -2.95. The zero-order valence-electron chi connectivity index (χ0n) is 23.4. The van der Waals surface area contributed by atoms with E-state index in [-0.39, 0.29) is 30.0 Å². The number of halogens is 1. The molecular formula is C30H41ClN2O5. The Kier molecular flexibility index (Phi) is 11.7. The van der Waals surface area contributed by atoms with E-state index in [0.717, 1.165) is 50.9 Å². The van der Waals surface area contributed by atoms with Crippen molar-refractivity contribution in [3.05, 3.63) is 47.5 Å². The lowest BCUT2D eigenvalue weighted by Gasteiger charge is -2.34. The van der Waals surface area contributed by atoms with Crippen molar-refractivity contribution in [2.45, 2.75) is 44.9 Å². The standard InChI is InChI=1S/C30H40N2O5.ClH/c1-21(2)30(20-31,24-9-11-26(35-4)28(19-24)37-6)14-7-15-32-16-12-22(13-17-32)29(33)23-8-10-25(34-3)27(18-23)36-5;/h8-11,18-19,21-22H,7,12-17H2,1-6H3;1H. The molecule has 0 aliphatic carbocycles. The summed E-state index contributed by atoms with van der Waals surface area (Å²) >= 11 is 0. The van der Waals surface area contributed by atoms with Crippen LogP contribution in [0.1, 0.15) is 55.5 Å². The molecular weight excluding hydrogens is 504 g/mol. The minimum absolute atomic E-state index is 0. The topological polar surface area (TPSA) is 81.0 Å². The first-order valence-corrected chi connectivity index (χ1v) is 13.0. The molecule has 0 amide bonds. The van der Waals surface area contributed by atoms with Crippen molar-refractivity contribution in [2.75, 3.05) is 48.1 Å². The second kappa shape index (κ2) is 14.3. The molecule has 1 unspecified atom stereocenters. The van der Waals surface area contributed by atoms with Crippen LogP contribution >= 0.6 is 12.4 Å². The Balaban J connectivity index is 0.00000507. The van der Waals surface area contributed by atoms with Crippen molar-refractivity contribution in [3.63, 3.8) is 0 Å². The SMILES string of the molecule is COc1ccc(C(=O)C2CCN(CCCC(C#N)(c3ccc(OC)c(OC)c3)C(C)C)CC2)cc1OC.Cl. The van der Waals surface area contributed by atoms with Crippen molar-refractivity contribution in [3.8, 4) is 29.1 Å². The molecule has 2 aromatic rings. The molecule has 0 spiro atoms. The highest BCUT2D eigenvalue weighted by Gasteiger charge is 2.36. The van der Waals surface area contributed by atoms with Crippen molar-refractivity contribution in [1.29, 1.82) is 5.26 Å². The first-order valence-electron chi connectivity index (χ1n) is 13.0. The van der Waals surface area contributed by atoms with Crippen molar-refractivity contribution >= 4 is 18.2 Å². The Labute approximate surface area is 233 Å². The number of hydrogen-bond donors (Lipinski definition) is 0. The molecule has 2 aromatic carbocycles. The number of carbonyl (C=O) groups excluding carboxylic acids is 1. The molecule has 7 nitrogen and oxygen atoms in total. The summed E-state index contributed by atoms with van der Waals surface area (Å²) in [6, 6.07) is 13.8. The highest BCUT2D eigenvalue weighted by Crippen LogP contribution is 2.40. The maximum Gasteiger partial charge on any atom is 0.166 e. The molecule has 8 heteroatoms. The van der Waals surface area contributed by atoms with E-state index in [1.807, 2.05) is 24.3 Å². The van der Waals surface area contributed by atoms with Gasteiger partial charge in [0.15, 0.2) is 28.8 Å². The monoisotopic (exact) mass is 544 g/mol. The molecule has 1 aliphatic heterocycles. The van der Waals surface area contributed by atoms with E-state index in [1.165, 1.54) is 0 Å². The number of hydrogen-bond acceptors (Lipinski definition) is 7. The summed E-state index contributed by atoms with van der Waals surface area (Å²) in [5, 5.41) is 10.3. The van der Waals surface area contributed by atoms with Gasteiger partial charge in [-0.15, -0.1) is 12.4 Å². The molecule has 1 aliphatic rings. The van der Waals surface area contributed by atoms with Crippen LogP contribution in [0.3, 0.4) is 0 Å². The third-order valence-electron chi connectivity index (χ3n) is 7.76. The average molecular weight is 545 g/mol. The van der Waals surface area contributed by atoms with Crippen molar-refractivity contribution in [1.82, 2.24) is 4.90 Å². The normalized spacial score (nSPS) is 15.6. The largest absolute Gasteiger partial charge is 0.493 e. The lowest BCUT2D eigenvalue weighted by molar-refractivity contribution is 0.0837. The summed E-state index contributed by atoms with van der Waals surface area (Å²) in [5.74, 6) is 2.81. The zero-order chi connectivity index (χ0) is 27.0. The van der Waals surface area contributed by atoms with Gasteiger partial charge in [0.05, 0.1) is 39.9 Å². The number of rotatable bonds is 12. The molecule has 0 N–H and O–H groups in total. The fourth-order valence-corrected chi connectivity index (χ4v) is 5.36. The Morgan fingerprint density at radius 3 is 2.03 bits per heavy atom. The maximum absolute atomic E-state index is 13.1. The molecule has 3 rings (SSSR count). The van der Waals surface area contributed by atoms with E-state index < -0.39 is 5.41 Å². The van der Waals surface area contributed by atoms with Gasteiger partial charge in [-0.05, 0) is 87.1 Å². The van der Waals surface area contributed by atoms with Gasteiger partial charge in [-0.2, -0.15) is 5.26 Å². The van der Waals surface area contributed by atoms with E-state index in [0.29, 0.717) is 28.6 Å². The summed E-state index contributed by atoms with van der Waals surface area (Å²) < 4.78 is 21.5. The van der Waals surface area contributed by atoms with Crippen LogP contribution in [0.25, 0.3) is 0 Å². The van der Waals surface area contributed by atoms with Gasteiger partial charge in [-0.25, -0.2) is 0 Å². The van der Waals surface area contributed by atoms with Crippen LogP contribution in [-0.2, 0) is 5.41 Å². The molecule has 1 fully saturated rings. The first kappa shape index (κ1) is 31.3. The summed E-state index contributed by atoms with van der Waals surface area (Å²) in [6.45, 7) is 6.86. The van der Waals surface area contributed by atoms with Crippen LogP contribution in [0.5, 0.6) is 23.0 Å². The van der Waals surface area contributed by atoms with Gasteiger partial charge in [0.1, 0.15) is 0 Å². The van der Waals surface area contributed by atoms with Gasteiger partial charge in [-0.1, -0.05) is 19.9 Å². The predicted octanol–water partition coefficient (Wildman–Crippen LogP) is 5.94. The molecule has 38 heavy (non-hydrogen) atoms. The fourth-order valence-electron chi connectivity index (χ4n) is 5.36. The van der Waals surface area contributed by atoms with Crippen LogP contribution < -0.4 is 18.9 Å². The van der Waals surface area contributed by atoms with Crippen LogP contribution in [0.15, 0.2) is 36.4 Å². The number of carbonyl (C=O) groups is 1. The van der Waals surface area contributed by atoms with E-state index >= 15 is 0 Å². The third kappa shape index (κ3) is 6.73. The lowest BCUT2D eigenvalue weighted by atomic mass is 9.69. The smallest absolute Gasteiger partial charge is 0.166 e. The number of ketones is 1. The van der Waals surface area contributed by atoms with Crippen LogP contribution in [0.2, 0.25) is 0 Å². The van der Waals surface area contributed by atoms with Gasteiger partial charge in [0.25, 0.3) is 0 Å². The molecule has 1 atom stereocenters. The lowest BCUT2D eigenvalue weighted by Crippen LogP contribution is -2.38. The summed E-state index contributed by atoms with van der Waals surface area (Å²) in [6.07, 6.45) is 3.31. The molecule has 0 saturated carbocycles. The average Bonchev–Trinajstić information content (AvgIpc) is 2.94. The highest BCUT2D eigenvalue weighted by molar-refractivity contribution is 5.98. The maximum atomic E-state index is 13.1. The number of Topliss-reactive ketones (excluding diaryl/α,β-unsaturated/α-hetero) is 1. The fraction of sp³-hybridized carbons (Fsp3) is 0.533. The van der Waals surface area contributed by atoms with E-state index in [2.05, 4.69) is 24.8 Å². The quantitative estimate of drug-likeness (QED) is 0.306. The number of methoxy groups -OCH3 is 4. The third-order valence-corrected chi connectivity index (χ3v) is 7.76. The van der Waals surface area contributed by atoms with Crippen molar-refractivity contribution < 1.29 is 23.7 Å². The number of likely N-dealkylation sites (tertiary alicyclic amines) is 1. The molecule has 1 saturated heterocycles. The minimum Gasteiger partial charge on any atom is -0.493 e. The summed E-state index contributed by atoms with van der Waals surface area (Å²) in [4.78, 5) is 15.5. The molecule has 1 heterocycles. The van der Waals surface area contributed by atoms with Gasteiger partial charge in [0, 0.05) is 11.5 Å². The number of benzene rings is 2. The van der Waals surface area contributed by atoms with Crippen LogP contribution in [-0.4, -0.2) is 58.8 Å². The summed E-state index contributed by atoms with van der Waals surface area (Å²) in [5.41, 5.74) is 1.02. The van der Waals surface area contributed by atoms with Gasteiger partial charge < -0.3 is 23.8 Å². The molecule has 0 bridgehead atoms. The number of nitriles is 1. The van der Waals surface area contributed by atoms with Crippen LogP contribution in [0.4, 0.5) is 0 Å². The van der Waals surface area contributed by atoms with Gasteiger partial charge in [0.2, 0.25) is 0 Å². The second-order valence-corrected chi connectivity index (χ2v) is 9.96. The van der Waals surface area contributed by atoms with E-state index in [1.54, 1.807) is 40.6 Å². The number of piperidine rings is 1. The minimum atomic E-state index is -0.610. The zero-order valence-corrected chi connectivity index (χ0v) is 24.2. The van der Waals surface area contributed by atoms with Gasteiger partial charge in [-0.3, -0.25) is 4.79 Å².